The minimum atomic E-state index is -3.90. The Morgan fingerprint density at radius 2 is 2.00 bits per heavy atom. The Kier molecular flexibility index (Phi) is 6.13. The molecule has 11 heteroatoms. The molecule has 0 aromatic carbocycles. The lowest BCUT2D eigenvalue weighted by Gasteiger charge is -2.19. The third-order valence-corrected chi connectivity index (χ3v) is 5.64. The zero-order valence-electron chi connectivity index (χ0n) is 13.4. The number of nitrogens with one attached hydrogen (secondary N) is 1. The number of hydrogen-bond acceptors (Lipinski definition) is 8. The third-order valence-electron chi connectivity index (χ3n) is 3.54. The summed E-state index contributed by atoms with van der Waals surface area (Å²) >= 11 is 0. The molecule has 1 saturated heterocycles. The summed E-state index contributed by atoms with van der Waals surface area (Å²) in [6.45, 7) is 2.86. The molecule has 2 rings (SSSR count). The summed E-state index contributed by atoms with van der Waals surface area (Å²) in [5.41, 5.74) is -1.67. The van der Waals surface area contributed by atoms with Gasteiger partial charge in [-0.1, -0.05) is 0 Å². The van der Waals surface area contributed by atoms with E-state index in [-0.39, 0.29) is 24.9 Å². The normalized spacial score (nSPS) is 24.4. The van der Waals surface area contributed by atoms with Crippen molar-refractivity contribution < 1.29 is 28.6 Å². The van der Waals surface area contributed by atoms with Crippen LogP contribution in [-0.4, -0.2) is 51.8 Å². The Morgan fingerprint density at radius 3 is 2.50 bits per heavy atom. The van der Waals surface area contributed by atoms with Gasteiger partial charge in [-0.05, 0) is 13.8 Å². The van der Waals surface area contributed by atoms with Crippen molar-refractivity contribution in [3.05, 3.63) is 27.0 Å². The van der Waals surface area contributed by atoms with E-state index in [1.807, 2.05) is 4.98 Å². The van der Waals surface area contributed by atoms with E-state index in [1.54, 1.807) is 13.8 Å². The summed E-state index contributed by atoms with van der Waals surface area (Å²) in [7, 11) is -3.90. The summed E-state index contributed by atoms with van der Waals surface area (Å²) in [6, 6.07) is 0. The Balaban J connectivity index is 2.47. The first-order valence-corrected chi connectivity index (χ1v) is 9.10. The number of aliphatic hydroxyl groups excluding tert-OH is 2. The van der Waals surface area contributed by atoms with Crippen LogP contribution in [0.25, 0.3) is 0 Å². The molecule has 3 atom stereocenters. The number of ether oxygens (including phenoxy) is 1. The molecule has 0 saturated carbocycles. The van der Waals surface area contributed by atoms with E-state index in [0.717, 1.165) is 10.8 Å². The minimum Gasteiger partial charge on any atom is -0.394 e. The quantitative estimate of drug-likeness (QED) is 0.527. The number of H-pyrrole nitrogens is 1. The molecular weight excluding hydrogens is 343 g/mol. The second-order valence-corrected chi connectivity index (χ2v) is 7.12. The molecule has 1 aliphatic heterocycles. The average Bonchev–Trinajstić information content (AvgIpc) is 2.88. The summed E-state index contributed by atoms with van der Waals surface area (Å²) in [6.07, 6.45) is -1.64. The summed E-state index contributed by atoms with van der Waals surface area (Å²) in [5, 5.41) is 18.6. The first kappa shape index (κ1) is 19.0. The van der Waals surface area contributed by atoms with Crippen LogP contribution in [0.4, 0.5) is 0 Å². The third kappa shape index (κ3) is 3.69. The van der Waals surface area contributed by atoms with E-state index in [2.05, 4.69) is 0 Å². The molecule has 2 heterocycles. The second kappa shape index (κ2) is 7.73. The maximum absolute atomic E-state index is 12.8. The van der Waals surface area contributed by atoms with Crippen LogP contribution in [0.15, 0.2) is 15.8 Å². The molecular formula is C13H21N2O8P. The maximum Gasteiger partial charge on any atom is 0.368 e. The van der Waals surface area contributed by atoms with Crippen LogP contribution in [0, 0.1) is 0 Å². The fraction of sp³-hybridized carbons (Fsp3) is 0.692. The smallest absolute Gasteiger partial charge is 0.368 e. The zero-order chi connectivity index (χ0) is 17.9. The predicted octanol–water partition coefficient (Wildman–Crippen LogP) is -0.931. The van der Waals surface area contributed by atoms with Crippen LogP contribution < -0.4 is 16.6 Å². The molecule has 3 N–H and O–H groups in total. The molecule has 0 spiro atoms. The molecule has 1 aromatic heterocycles. The highest BCUT2D eigenvalue weighted by Crippen LogP contribution is 2.45. The summed E-state index contributed by atoms with van der Waals surface area (Å²) in [5.74, 6) is 0. The Labute approximate surface area is 137 Å². The highest BCUT2D eigenvalue weighted by atomic mass is 31.2. The van der Waals surface area contributed by atoms with Crippen LogP contribution in [-0.2, 0) is 18.3 Å². The number of nitrogens with zero attached hydrogens (tertiary/aromatic N) is 1. The number of aromatic amines is 1. The fourth-order valence-electron chi connectivity index (χ4n) is 2.45. The number of aromatic nitrogens is 2. The summed E-state index contributed by atoms with van der Waals surface area (Å²) < 4.78 is 29.4. The molecule has 0 unspecified atom stereocenters. The average molecular weight is 364 g/mol. The molecule has 1 aromatic rings. The number of aliphatic hydroxyl groups is 2. The van der Waals surface area contributed by atoms with Crippen molar-refractivity contribution in [3.63, 3.8) is 0 Å². The standard InChI is InChI=1S/C13H21N2O8P/c1-3-21-24(20,22-4-2)10-6-15(13(19)14-12(10)18)11-5-8(17)9(7-16)23-11/h6,8-9,11,16-17H,3-5,7H2,1-2H3,(H,14,18,19)/t8-,9+,11+/m0/s1. The zero-order valence-corrected chi connectivity index (χ0v) is 14.3. The highest BCUT2D eigenvalue weighted by Gasteiger charge is 2.37. The first-order valence-electron chi connectivity index (χ1n) is 7.55. The molecule has 0 amide bonds. The van der Waals surface area contributed by atoms with Crippen molar-refractivity contribution in [3.8, 4) is 0 Å². The van der Waals surface area contributed by atoms with E-state index in [0.29, 0.717) is 0 Å². The van der Waals surface area contributed by atoms with Gasteiger partial charge >= 0.3 is 13.3 Å². The van der Waals surface area contributed by atoms with E-state index in [9.17, 15) is 19.3 Å². The molecule has 0 aliphatic carbocycles. The lowest BCUT2D eigenvalue weighted by Crippen LogP contribution is -2.41. The van der Waals surface area contributed by atoms with Gasteiger partial charge in [-0.25, -0.2) is 4.79 Å². The van der Waals surface area contributed by atoms with Gasteiger partial charge in [-0.15, -0.1) is 0 Å². The van der Waals surface area contributed by atoms with Gasteiger partial charge in [0.05, 0.1) is 25.9 Å². The van der Waals surface area contributed by atoms with Crippen molar-refractivity contribution in [2.24, 2.45) is 0 Å². The van der Waals surface area contributed by atoms with Gasteiger partial charge in [-0.2, -0.15) is 0 Å². The van der Waals surface area contributed by atoms with Crippen molar-refractivity contribution in [2.75, 3.05) is 19.8 Å². The second-order valence-electron chi connectivity index (χ2n) is 5.13. The monoisotopic (exact) mass is 364 g/mol. The maximum atomic E-state index is 12.8. The topological polar surface area (TPSA) is 140 Å². The van der Waals surface area contributed by atoms with Crippen LogP contribution in [0.1, 0.15) is 26.5 Å². The van der Waals surface area contributed by atoms with Crippen LogP contribution in [0.3, 0.4) is 0 Å². The van der Waals surface area contributed by atoms with E-state index in [4.69, 9.17) is 18.9 Å². The Morgan fingerprint density at radius 1 is 1.38 bits per heavy atom. The largest absolute Gasteiger partial charge is 0.394 e. The van der Waals surface area contributed by atoms with Crippen LogP contribution in [0.5, 0.6) is 0 Å². The van der Waals surface area contributed by atoms with Crippen LogP contribution in [0.2, 0.25) is 0 Å². The van der Waals surface area contributed by atoms with Gasteiger partial charge in [0, 0.05) is 12.6 Å². The van der Waals surface area contributed by atoms with Crippen molar-refractivity contribution in [1.82, 2.24) is 9.55 Å². The van der Waals surface area contributed by atoms with E-state index < -0.39 is 43.9 Å². The molecule has 0 bridgehead atoms. The molecule has 0 radical (unpaired) electrons. The van der Waals surface area contributed by atoms with Crippen molar-refractivity contribution in [1.29, 1.82) is 0 Å². The lowest BCUT2D eigenvalue weighted by molar-refractivity contribution is -0.0458. The number of hydrogen-bond donors (Lipinski definition) is 3. The van der Waals surface area contributed by atoms with Crippen LogP contribution >= 0.6 is 7.60 Å². The van der Waals surface area contributed by atoms with Gasteiger partial charge in [0.25, 0.3) is 5.56 Å². The Bertz CT molecular complexity index is 719. The molecule has 10 nitrogen and oxygen atoms in total. The van der Waals surface area contributed by atoms with E-state index >= 15 is 0 Å². The van der Waals surface area contributed by atoms with Crippen molar-refractivity contribution in [2.45, 2.75) is 38.7 Å². The van der Waals surface area contributed by atoms with Gasteiger partial charge < -0.3 is 24.0 Å². The lowest BCUT2D eigenvalue weighted by atomic mass is 10.2. The highest BCUT2D eigenvalue weighted by molar-refractivity contribution is 7.62. The first-order chi connectivity index (χ1) is 11.4. The summed E-state index contributed by atoms with van der Waals surface area (Å²) in [4.78, 5) is 26.1. The molecule has 24 heavy (non-hydrogen) atoms. The molecule has 1 aliphatic rings. The van der Waals surface area contributed by atoms with Gasteiger partial charge in [0.15, 0.2) is 0 Å². The van der Waals surface area contributed by atoms with Gasteiger partial charge in [-0.3, -0.25) is 18.9 Å². The minimum absolute atomic E-state index is 0.0319. The predicted molar refractivity (Wildman–Crippen MR) is 83.4 cm³/mol. The van der Waals surface area contributed by atoms with Gasteiger partial charge in [0.2, 0.25) is 0 Å². The molecule has 1 fully saturated rings. The van der Waals surface area contributed by atoms with Crippen molar-refractivity contribution >= 4 is 12.9 Å². The molecule has 136 valence electrons. The fourth-order valence-corrected chi connectivity index (χ4v) is 4.05. The van der Waals surface area contributed by atoms with Gasteiger partial charge in [0.1, 0.15) is 17.6 Å². The number of rotatable bonds is 7. The Hall–Kier alpha value is -1.29. The SMILES string of the molecule is CCOP(=O)(OCC)c1cn([C@H]2C[C@H](O)[C@@H](CO)O2)c(=O)[nH]c1=O. The van der Waals surface area contributed by atoms with E-state index in [1.165, 1.54) is 0 Å².